The number of amidine groups is 1. The van der Waals surface area contributed by atoms with Crippen LogP contribution in [0.4, 0.5) is 10.5 Å². The third kappa shape index (κ3) is 7.93. The van der Waals surface area contributed by atoms with Gasteiger partial charge in [0, 0.05) is 32.1 Å². The van der Waals surface area contributed by atoms with Crippen molar-refractivity contribution in [1.29, 1.82) is 0 Å². The summed E-state index contributed by atoms with van der Waals surface area (Å²) in [4.78, 5) is 53.2. The molecular formula is C25H32N2O9S. The van der Waals surface area contributed by atoms with Crippen LogP contribution in [0.1, 0.15) is 46.6 Å². The molecule has 2 heterocycles. The van der Waals surface area contributed by atoms with Crippen molar-refractivity contribution in [3.63, 3.8) is 0 Å². The Bertz CT molecular complexity index is 1060. The van der Waals surface area contributed by atoms with Gasteiger partial charge in [0.1, 0.15) is 24.7 Å². The number of ether oxygens (including phenoxy) is 5. The minimum atomic E-state index is -1.20. The highest BCUT2D eigenvalue weighted by atomic mass is 32.2. The summed E-state index contributed by atoms with van der Waals surface area (Å²) in [6.45, 7) is 7.06. The molecule has 5 unspecified atom stereocenters. The summed E-state index contributed by atoms with van der Waals surface area (Å²) in [6, 6.07) is 5.97. The number of aliphatic imine (C=N–C) groups is 1. The molecule has 3 rings (SSSR count). The van der Waals surface area contributed by atoms with E-state index in [0.29, 0.717) is 12.3 Å². The van der Waals surface area contributed by atoms with Crippen molar-refractivity contribution >= 4 is 47.3 Å². The number of benzene rings is 1. The fraction of sp³-hybridized carbons (Fsp3) is 0.560. The average molecular weight is 537 g/mol. The van der Waals surface area contributed by atoms with Gasteiger partial charge in [0.25, 0.3) is 0 Å². The molecule has 0 saturated carbocycles. The van der Waals surface area contributed by atoms with Crippen molar-refractivity contribution in [1.82, 2.24) is 5.32 Å². The molecule has 2 aliphatic rings. The molecule has 0 aliphatic carbocycles. The number of hydrogen-bond acceptors (Lipinski definition) is 11. The lowest BCUT2D eigenvalue weighted by Gasteiger charge is -2.43. The Balaban J connectivity index is 1.69. The Hall–Kier alpha value is -3.12. The first-order chi connectivity index (χ1) is 17.6. The third-order valence-electron chi connectivity index (χ3n) is 5.61. The van der Waals surface area contributed by atoms with Gasteiger partial charge in [0.2, 0.25) is 6.29 Å². The summed E-state index contributed by atoms with van der Waals surface area (Å²) in [5.41, 5.74) is 1.78. The molecule has 11 nitrogen and oxygen atoms in total. The molecule has 2 aliphatic heterocycles. The van der Waals surface area contributed by atoms with Gasteiger partial charge in [-0.15, -0.1) is 11.8 Å². The van der Waals surface area contributed by atoms with Gasteiger partial charge in [-0.1, -0.05) is 13.8 Å². The topological polar surface area (TPSA) is 139 Å². The highest BCUT2D eigenvalue weighted by Crippen LogP contribution is 2.33. The van der Waals surface area contributed by atoms with Gasteiger partial charge in [0.05, 0.1) is 11.6 Å². The zero-order chi connectivity index (χ0) is 27.1. The predicted octanol–water partition coefficient (Wildman–Crippen LogP) is 3.29. The van der Waals surface area contributed by atoms with Gasteiger partial charge < -0.3 is 23.7 Å². The number of rotatable bonds is 8. The van der Waals surface area contributed by atoms with Crippen molar-refractivity contribution in [2.75, 3.05) is 12.4 Å². The largest absolute Gasteiger partial charge is 0.463 e. The van der Waals surface area contributed by atoms with Crippen LogP contribution in [0.15, 0.2) is 28.1 Å². The summed E-state index contributed by atoms with van der Waals surface area (Å²) in [6.07, 6.45) is -3.64. The lowest BCUT2D eigenvalue weighted by Crippen LogP contribution is -2.59. The molecule has 37 heavy (non-hydrogen) atoms. The maximum Gasteiger partial charge on any atom is 0.414 e. The van der Waals surface area contributed by atoms with E-state index in [-0.39, 0.29) is 6.61 Å². The fourth-order valence-electron chi connectivity index (χ4n) is 4.02. The van der Waals surface area contributed by atoms with Crippen molar-refractivity contribution in [3.8, 4) is 0 Å². The van der Waals surface area contributed by atoms with Gasteiger partial charge in [0.15, 0.2) is 6.10 Å². The first-order valence-corrected chi connectivity index (χ1v) is 13.0. The first-order valence-electron chi connectivity index (χ1n) is 12.0. The van der Waals surface area contributed by atoms with Crippen LogP contribution in [-0.2, 0) is 44.5 Å². The Morgan fingerprint density at radius 1 is 1.05 bits per heavy atom. The van der Waals surface area contributed by atoms with E-state index >= 15 is 0 Å². The summed E-state index contributed by atoms with van der Waals surface area (Å²) >= 11 is 1.76. The molecule has 1 N–H and O–H groups in total. The molecular weight excluding hydrogens is 504 g/mol. The maximum atomic E-state index is 12.8. The monoisotopic (exact) mass is 536 g/mol. The van der Waals surface area contributed by atoms with Crippen LogP contribution in [0.2, 0.25) is 0 Å². The summed E-state index contributed by atoms with van der Waals surface area (Å²) in [5, 5.41) is 2.64. The highest BCUT2D eigenvalue weighted by molar-refractivity contribution is 7.99. The molecule has 1 fully saturated rings. The van der Waals surface area contributed by atoms with Gasteiger partial charge in [-0.3, -0.25) is 19.7 Å². The van der Waals surface area contributed by atoms with Gasteiger partial charge in [-0.05, 0) is 35.9 Å². The molecule has 0 bridgehead atoms. The number of nitrogens with one attached hydrogen (secondary N) is 1. The molecule has 1 aromatic rings. The predicted molar refractivity (Wildman–Crippen MR) is 133 cm³/mol. The van der Waals surface area contributed by atoms with Gasteiger partial charge >= 0.3 is 24.0 Å². The smallest absolute Gasteiger partial charge is 0.414 e. The second-order valence-electron chi connectivity index (χ2n) is 8.76. The van der Waals surface area contributed by atoms with Gasteiger partial charge in [-0.2, -0.15) is 0 Å². The van der Waals surface area contributed by atoms with Crippen molar-refractivity contribution in [3.05, 3.63) is 23.8 Å². The van der Waals surface area contributed by atoms with E-state index in [1.165, 1.54) is 20.8 Å². The second kappa shape index (κ2) is 12.9. The summed E-state index contributed by atoms with van der Waals surface area (Å²) in [5.74, 6) is -1.13. The summed E-state index contributed by atoms with van der Waals surface area (Å²) < 4.78 is 27.2. The van der Waals surface area contributed by atoms with E-state index in [1.807, 2.05) is 12.1 Å². The number of carbonyl (C=O) groups is 4. The van der Waals surface area contributed by atoms with Crippen LogP contribution < -0.4 is 5.32 Å². The zero-order valence-electron chi connectivity index (χ0n) is 21.5. The van der Waals surface area contributed by atoms with Crippen LogP contribution in [0.25, 0.3) is 0 Å². The number of nitrogens with zero attached hydrogens (tertiary/aromatic N) is 1. The third-order valence-corrected chi connectivity index (χ3v) is 6.81. The molecule has 5 atom stereocenters. The maximum absolute atomic E-state index is 12.8. The van der Waals surface area contributed by atoms with Crippen molar-refractivity contribution < 1.29 is 42.9 Å². The molecule has 12 heteroatoms. The molecule has 0 radical (unpaired) electrons. The van der Waals surface area contributed by atoms with Crippen molar-refractivity contribution in [2.45, 2.75) is 77.0 Å². The number of thioether (sulfide) groups is 1. The van der Waals surface area contributed by atoms with Crippen LogP contribution in [0.5, 0.6) is 0 Å². The van der Waals surface area contributed by atoms with Crippen molar-refractivity contribution in [2.24, 2.45) is 10.9 Å². The standard InChI is InChI=1S/C25H32N2O9S/c1-6-9-37-18-7-8-19-17(10-18)11-21(26-19)27-25(31)36-24-13(2)22(33-15(4)29)23(34-16(5)30)20(35-24)12-32-14(3)28/h7-8,10,13,20,22-24H,6,9,11-12H2,1-5H3,(H,26,27,31). The molecule has 1 amide bonds. The Labute approximate surface area is 219 Å². The Morgan fingerprint density at radius 3 is 2.41 bits per heavy atom. The lowest BCUT2D eigenvalue weighted by atomic mass is 9.92. The number of esters is 3. The Morgan fingerprint density at radius 2 is 1.76 bits per heavy atom. The summed E-state index contributed by atoms with van der Waals surface area (Å²) in [7, 11) is 0. The number of alkyl carbamates (subject to hydrolysis) is 1. The van der Waals surface area contributed by atoms with E-state index in [2.05, 4.69) is 23.3 Å². The number of carbonyl (C=O) groups excluding carboxylic acids is 4. The van der Waals surface area contributed by atoms with E-state index in [4.69, 9.17) is 23.7 Å². The SMILES string of the molecule is CCCSc1ccc2c(c1)CC(NC(=O)OC1OC(COC(C)=O)C(OC(C)=O)C(OC(C)=O)C1C)=N2. The quantitative estimate of drug-likeness (QED) is 0.299. The average Bonchev–Trinajstić information content (AvgIpc) is 3.21. The molecule has 202 valence electrons. The van der Waals surface area contributed by atoms with Crippen LogP contribution in [0, 0.1) is 5.92 Å². The highest BCUT2D eigenvalue weighted by Gasteiger charge is 2.50. The molecule has 1 aromatic carbocycles. The Kier molecular flexibility index (Phi) is 9.93. The van der Waals surface area contributed by atoms with Crippen LogP contribution in [0.3, 0.4) is 0 Å². The molecule has 0 aromatic heterocycles. The normalized spacial score (nSPS) is 24.4. The minimum Gasteiger partial charge on any atom is -0.463 e. The first kappa shape index (κ1) is 28.5. The fourth-order valence-corrected chi connectivity index (χ4v) is 4.85. The second-order valence-corrected chi connectivity index (χ2v) is 9.93. The lowest BCUT2D eigenvalue weighted by molar-refractivity contribution is -0.273. The van der Waals surface area contributed by atoms with Gasteiger partial charge in [-0.25, -0.2) is 9.79 Å². The van der Waals surface area contributed by atoms with E-state index in [1.54, 1.807) is 18.7 Å². The number of hydrogen-bond donors (Lipinski definition) is 1. The number of fused-ring (bicyclic) bond motifs is 1. The minimum absolute atomic E-state index is 0.306. The number of amides is 1. The zero-order valence-corrected chi connectivity index (χ0v) is 22.3. The van der Waals surface area contributed by atoms with Crippen LogP contribution >= 0.6 is 11.8 Å². The molecule has 1 saturated heterocycles. The van der Waals surface area contributed by atoms with E-state index in [9.17, 15) is 19.2 Å². The van der Waals surface area contributed by atoms with E-state index in [0.717, 1.165) is 28.3 Å². The van der Waals surface area contributed by atoms with E-state index < -0.39 is 54.5 Å². The molecule has 0 spiro atoms. The van der Waals surface area contributed by atoms with Crippen LogP contribution in [-0.4, -0.2) is 66.8 Å².